The van der Waals surface area contributed by atoms with Crippen molar-refractivity contribution in [3.63, 3.8) is 0 Å². The Morgan fingerprint density at radius 1 is 1.17 bits per heavy atom. The molecule has 6 heteroatoms. The number of rotatable bonds is 6. The van der Waals surface area contributed by atoms with Crippen LogP contribution in [0.4, 0.5) is 4.79 Å². The van der Waals surface area contributed by atoms with Gasteiger partial charge in [-0.1, -0.05) is 30.3 Å². The molecule has 1 aromatic heterocycles. The summed E-state index contributed by atoms with van der Waals surface area (Å²) in [5.41, 5.74) is 0.883. The predicted molar refractivity (Wildman–Crippen MR) is 84.6 cm³/mol. The highest BCUT2D eigenvalue weighted by molar-refractivity contribution is 5.82. The maximum absolute atomic E-state index is 11.8. The van der Waals surface area contributed by atoms with Crippen molar-refractivity contribution >= 4 is 12.0 Å². The van der Waals surface area contributed by atoms with E-state index in [-0.39, 0.29) is 25.1 Å². The topological polar surface area (TPSA) is 80.6 Å². The summed E-state index contributed by atoms with van der Waals surface area (Å²) in [7, 11) is 0. The van der Waals surface area contributed by atoms with Crippen LogP contribution in [-0.2, 0) is 16.1 Å². The molecule has 0 spiro atoms. The zero-order chi connectivity index (χ0) is 16.7. The van der Waals surface area contributed by atoms with Crippen LogP contribution in [0.25, 0.3) is 0 Å². The fraction of sp³-hybridized carbons (Fsp3) is 0.294. The molecule has 1 aromatic carbocycles. The first-order chi connectivity index (χ1) is 11.0. The van der Waals surface area contributed by atoms with Gasteiger partial charge in [0.05, 0.1) is 6.04 Å². The zero-order valence-corrected chi connectivity index (χ0v) is 13.2. The van der Waals surface area contributed by atoms with Gasteiger partial charge in [-0.3, -0.25) is 4.79 Å². The van der Waals surface area contributed by atoms with Gasteiger partial charge in [-0.25, -0.2) is 4.79 Å². The third-order valence-corrected chi connectivity index (χ3v) is 3.17. The van der Waals surface area contributed by atoms with E-state index in [1.54, 1.807) is 0 Å². The third-order valence-electron chi connectivity index (χ3n) is 3.17. The Morgan fingerprint density at radius 3 is 2.57 bits per heavy atom. The molecule has 0 bridgehead atoms. The van der Waals surface area contributed by atoms with Crippen LogP contribution in [0.3, 0.4) is 0 Å². The molecule has 2 amide bonds. The molecule has 122 valence electrons. The largest absolute Gasteiger partial charge is 0.464 e. The van der Waals surface area contributed by atoms with E-state index in [9.17, 15) is 9.59 Å². The van der Waals surface area contributed by atoms with Gasteiger partial charge < -0.3 is 19.8 Å². The summed E-state index contributed by atoms with van der Waals surface area (Å²) >= 11 is 0. The van der Waals surface area contributed by atoms with Crippen LogP contribution in [0.15, 0.2) is 46.9 Å². The van der Waals surface area contributed by atoms with Crippen molar-refractivity contribution < 1.29 is 18.7 Å². The fourth-order valence-corrected chi connectivity index (χ4v) is 1.98. The Labute approximate surface area is 134 Å². The molecule has 0 radical (unpaired) electrons. The normalized spacial score (nSPS) is 11.6. The average molecular weight is 316 g/mol. The maximum atomic E-state index is 11.8. The Bertz CT molecular complexity index is 652. The van der Waals surface area contributed by atoms with Gasteiger partial charge in [0.1, 0.15) is 24.7 Å². The monoisotopic (exact) mass is 316 g/mol. The Morgan fingerprint density at radius 2 is 1.91 bits per heavy atom. The first-order valence-corrected chi connectivity index (χ1v) is 7.35. The molecular weight excluding hydrogens is 296 g/mol. The van der Waals surface area contributed by atoms with E-state index in [2.05, 4.69) is 10.6 Å². The minimum Gasteiger partial charge on any atom is -0.464 e. The maximum Gasteiger partial charge on any atom is 0.407 e. The summed E-state index contributed by atoms with van der Waals surface area (Å²) in [6.07, 6.45) is -0.634. The lowest BCUT2D eigenvalue weighted by Crippen LogP contribution is -2.38. The molecule has 1 atom stereocenters. The predicted octanol–water partition coefficient (Wildman–Crippen LogP) is 2.69. The van der Waals surface area contributed by atoms with Gasteiger partial charge in [0.15, 0.2) is 0 Å². The molecule has 0 aliphatic heterocycles. The average Bonchev–Trinajstić information content (AvgIpc) is 2.98. The van der Waals surface area contributed by atoms with E-state index in [0.717, 1.165) is 11.3 Å². The highest BCUT2D eigenvalue weighted by atomic mass is 16.5. The van der Waals surface area contributed by atoms with Crippen molar-refractivity contribution in [1.82, 2.24) is 10.6 Å². The summed E-state index contributed by atoms with van der Waals surface area (Å²) < 4.78 is 10.5. The van der Waals surface area contributed by atoms with Crippen LogP contribution in [0, 0.1) is 6.92 Å². The first-order valence-electron chi connectivity index (χ1n) is 7.35. The Hall–Kier alpha value is -2.76. The van der Waals surface area contributed by atoms with Crippen molar-refractivity contribution in [1.29, 1.82) is 0 Å². The lowest BCUT2D eigenvalue weighted by atomic mass is 10.2. The number of benzene rings is 1. The number of carbonyl (C=O) groups is 2. The van der Waals surface area contributed by atoms with E-state index in [0.29, 0.717) is 5.76 Å². The molecule has 2 rings (SSSR count). The summed E-state index contributed by atoms with van der Waals surface area (Å²) in [6.45, 7) is 3.65. The summed E-state index contributed by atoms with van der Waals surface area (Å²) in [6, 6.07) is 12.7. The molecule has 0 saturated heterocycles. The van der Waals surface area contributed by atoms with Crippen LogP contribution in [0.5, 0.6) is 0 Å². The molecule has 2 N–H and O–H groups in total. The van der Waals surface area contributed by atoms with Crippen molar-refractivity contribution in [2.75, 3.05) is 6.54 Å². The SMILES string of the molecule is Cc1ccc(C(C)NC(=O)CNC(=O)OCc2ccccc2)o1. The third kappa shape index (κ3) is 5.50. The van der Waals surface area contributed by atoms with E-state index in [1.807, 2.05) is 56.3 Å². The van der Waals surface area contributed by atoms with Crippen LogP contribution < -0.4 is 10.6 Å². The number of carbonyl (C=O) groups excluding carboxylic acids is 2. The zero-order valence-electron chi connectivity index (χ0n) is 13.2. The van der Waals surface area contributed by atoms with Gasteiger partial charge in [0.2, 0.25) is 5.91 Å². The highest BCUT2D eigenvalue weighted by Gasteiger charge is 2.13. The number of hydrogen-bond acceptors (Lipinski definition) is 4. The minimum absolute atomic E-state index is 0.155. The van der Waals surface area contributed by atoms with Crippen LogP contribution in [-0.4, -0.2) is 18.5 Å². The molecule has 0 saturated carbocycles. The second-order valence-electron chi connectivity index (χ2n) is 5.15. The molecule has 0 fully saturated rings. The number of furan rings is 1. The van der Waals surface area contributed by atoms with Crippen molar-refractivity contribution in [2.45, 2.75) is 26.5 Å². The number of aryl methyl sites for hydroxylation is 1. The summed E-state index contributed by atoms with van der Waals surface area (Å²) in [5.74, 6) is 1.13. The van der Waals surface area contributed by atoms with Gasteiger partial charge in [0, 0.05) is 0 Å². The van der Waals surface area contributed by atoms with E-state index < -0.39 is 6.09 Å². The standard InChI is InChI=1S/C17H20N2O4/c1-12-8-9-15(23-12)13(2)19-16(20)10-18-17(21)22-11-14-6-4-3-5-7-14/h3-9,13H,10-11H2,1-2H3,(H,18,21)(H,19,20). The van der Waals surface area contributed by atoms with Crippen LogP contribution >= 0.6 is 0 Å². The van der Waals surface area contributed by atoms with Crippen LogP contribution in [0.2, 0.25) is 0 Å². The number of ether oxygens (including phenoxy) is 1. The molecule has 23 heavy (non-hydrogen) atoms. The van der Waals surface area contributed by atoms with Gasteiger partial charge in [-0.2, -0.15) is 0 Å². The second kappa shape index (κ2) is 8.03. The van der Waals surface area contributed by atoms with Gasteiger partial charge in [-0.15, -0.1) is 0 Å². The lowest BCUT2D eigenvalue weighted by Gasteiger charge is -2.12. The molecule has 0 aliphatic carbocycles. The van der Waals surface area contributed by atoms with Gasteiger partial charge in [-0.05, 0) is 31.5 Å². The summed E-state index contributed by atoms with van der Waals surface area (Å²) in [4.78, 5) is 23.3. The number of hydrogen-bond donors (Lipinski definition) is 2. The van der Waals surface area contributed by atoms with Gasteiger partial charge in [0.25, 0.3) is 0 Å². The Kier molecular flexibility index (Phi) is 5.80. The van der Waals surface area contributed by atoms with Gasteiger partial charge >= 0.3 is 6.09 Å². The quantitative estimate of drug-likeness (QED) is 0.858. The van der Waals surface area contributed by atoms with Crippen molar-refractivity contribution in [3.8, 4) is 0 Å². The second-order valence-corrected chi connectivity index (χ2v) is 5.15. The molecule has 2 aromatic rings. The van der Waals surface area contributed by atoms with Crippen molar-refractivity contribution in [2.24, 2.45) is 0 Å². The molecular formula is C17H20N2O4. The number of nitrogens with one attached hydrogen (secondary N) is 2. The summed E-state index contributed by atoms with van der Waals surface area (Å²) in [5, 5.41) is 5.15. The van der Waals surface area contributed by atoms with E-state index in [4.69, 9.17) is 9.15 Å². The Balaban J connectivity index is 1.68. The van der Waals surface area contributed by atoms with E-state index >= 15 is 0 Å². The number of alkyl carbamates (subject to hydrolysis) is 1. The highest BCUT2D eigenvalue weighted by Crippen LogP contribution is 2.15. The van der Waals surface area contributed by atoms with Crippen molar-refractivity contribution in [3.05, 3.63) is 59.5 Å². The molecule has 1 heterocycles. The first kappa shape index (κ1) is 16.6. The molecule has 6 nitrogen and oxygen atoms in total. The smallest absolute Gasteiger partial charge is 0.407 e. The van der Waals surface area contributed by atoms with E-state index in [1.165, 1.54) is 0 Å². The molecule has 0 aliphatic rings. The number of amides is 2. The van der Waals surface area contributed by atoms with Crippen LogP contribution in [0.1, 0.15) is 30.0 Å². The lowest BCUT2D eigenvalue weighted by molar-refractivity contribution is -0.120. The minimum atomic E-state index is -0.634. The fourth-order valence-electron chi connectivity index (χ4n) is 1.98. The molecule has 1 unspecified atom stereocenters.